The number of likely N-dealkylation sites (tertiary alicyclic amines) is 1. The summed E-state index contributed by atoms with van der Waals surface area (Å²) < 4.78 is 29.7. The molecule has 0 aromatic heterocycles. The summed E-state index contributed by atoms with van der Waals surface area (Å²) in [4.78, 5) is 4.69. The maximum Gasteiger partial charge on any atom is 0.172 e. The number of ether oxygens (including phenoxy) is 5. The number of likely N-dealkylation sites (N-methyl/N-ethyl adjacent to an activating group) is 2. The molecule has 46 heavy (non-hydrogen) atoms. The van der Waals surface area contributed by atoms with E-state index in [-0.39, 0.29) is 24.4 Å². The number of nitrogens with zero attached hydrogens (tertiary/aromatic N) is 2. The zero-order valence-electron chi connectivity index (χ0n) is 27.5. The maximum absolute atomic E-state index is 11.2. The molecule has 3 aromatic carbocycles. The number of piperidine rings is 1. The van der Waals surface area contributed by atoms with Crippen molar-refractivity contribution in [3.63, 3.8) is 0 Å². The first-order valence-electron chi connectivity index (χ1n) is 15.8. The molecule has 8 heteroatoms. The highest BCUT2D eigenvalue weighted by molar-refractivity contribution is 5.51. The summed E-state index contributed by atoms with van der Waals surface area (Å²) in [6.07, 6.45) is 5.15. The number of fused-ring (bicyclic) bond motifs is 5. The normalized spacial score (nSPS) is 23.6. The van der Waals surface area contributed by atoms with Crippen LogP contribution in [0.25, 0.3) is 0 Å². The Labute approximate surface area is 272 Å². The van der Waals surface area contributed by atoms with Gasteiger partial charge in [-0.15, -0.1) is 0 Å². The van der Waals surface area contributed by atoms with Gasteiger partial charge in [-0.25, -0.2) is 0 Å². The van der Waals surface area contributed by atoms with E-state index >= 15 is 0 Å². The minimum atomic E-state index is -0.0610. The second-order valence-corrected chi connectivity index (χ2v) is 12.3. The molecule has 8 bridgehead atoms. The van der Waals surface area contributed by atoms with Gasteiger partial charge in [0.2, 0.25) is 0 Å². The average molecular weight is 625 g/mol. The molecular formula is C38H44N2O6. The number of benzene rings is 3. The van der Waals surface area contributed by atoms with Crippen molar-refractivity contribution in [2.45, 2.75) is 37.8 Å². The molecule has 0 saturated carbocycles. The summed E-state index contributed by atoms with van der Waals surface area (Å²) in [5.41, 5.74) is 6.77. The average Bonchev–Trinajstić information content (AvgIpc) is 3.06. The van der Waals surface area contributed by atoms with Crippen LogP contribution in [0.1, 0.15) is 34.7 Å². The Hall–Kier alpha value is -4.40. The van der Waals surface area contributed by atoms with Crippen LogP contribution in [0.3, 0.4) is 0 Å². The van der Waals surface area contributed by atoms with Crippen LogP contribution < -0.4 is 18.9 Å². The first-order valence-corrected chi connectivity index (χ1v) is 15.8. The van der Waals surface area contributed by atoms with Crippen LogP contribution in [0.15, 0.2) is 89.9 Å². The fourth-order valence-electron chi connectivity index (χ4n) is 6.74. The van der Waals surface area contributed by atoms with Crippen molar-refractivity contribution in [1.29, 1.82) is 0 Å². The predicted molar refractivity (Wildman–Crippen MR) is 179 cm³/mol. The Kier molecular flexibility index (Phi) is 9.29. The van der Waals surface area contributed by atoms with Crippen LogP contribution in [0.2, 0.25) is 0 Å². The minimum absolute atomic E-state index is 0.00546. The SMILES string of the molecule is C=C1/C2=C\C(OC)=C(\O)COc3cc4c(cc3OC)CCN(C)[C@H]4Cc3ccc(cc3)Oc3cc(ccc3OC)C[C@@H]1N(C)CC2. The molecule has 1 saturated heterocycles. The van der Waals surface area contributed by atoms with Crippen LogP contribution in [-0.2, 0) is 24.0 Å². The fourth-order valence-corrected chi connectivity index (χ4v) is 6.74. The van der Waals surface area contributed by atoms with Crippen molar-refractivity contribution < 1.29 is 28.8 Å². The molecule has 2 atom stereocenters. The Morgan fingerprint density at radius 2 is 1.48 bits per heavy atom. The van der Waals surface area contributed by atoms with Crippen molar-refractivity contribution in [3.05, 3.63) is 112 Å². The number of hydrogen-bond acceptors (Lipinski definition) is 8. The fraction of sp³-hybridized carbons (Fsp3) is 0.368. The molecule has 0 amide bonds. The van der Waals surface area contributed by atoms with Gasteiger partial charge in [-0.2, -0.15) is 0 Å². The molecule has 4 aliphatic heterocycles. The lowest BCUT2D eigenvalue weighted by Gasteiger charge is -2.36. The zero-order chi connectivity index (χ0) is 32.4. The van der Waals surface area contributed by atoms with E-state index in [4.69, 9.17) is 23.7 Å². The quantitative estimate of drug-likeness (QED) is 0.341. The number of rotatable bonds is 3. The van der Waals surface area contributed by atoms with E-state index in [1.165, 1.54) is 16.7 Å². The number of allylic oxidation sites excluding steroid dienone is 1. The van der Waals surface area contributed by atoms with Gasteiger partial charge < -0.3 is 28.8 Å². The molecule has 1 N–H and O–H groups in total. The minimum Gasteiger partial charge on any atom is -0.506 e. The second kappa shape index (κ2) is 13.5. The first-order chi connectivity index (χ1) is 22.3. The van der Waals surface area contributed by atoms with Crippen molar-refractivity contribution in [1.82, 2.24) is 9.80 Å². The van der Waals surface area contributed by atoms with E-state index in [9.17, 15) is 5.11 Å². The number of aliphatic hydroxyl groups is 1. The zero-order valence-corrected chi connectivity index (χ0v) is 27.5. The van der Waals surface area contributed by atoms with Crippen LogP contribution >= 0.6 is 0 Å². The monoisotopic (exact) mass is 624 g/mol. The molecule has 1 fully saturated rings. The molecule has 0 spiro atoms. The van der Waals surface area contributed by atoms with Gasteiger partial charge in [0.1, 0.15) is 12.4 Å². The Balaban J connectivity index is 1.44. The molecule has 7 rings (SSSR count). The third-order valence-electron chi connectivity index (χ3n) is 9.54. The molecule has 3 aromatic rings. The first kappa shape index (κ1) is 31.6. The standard InChI is InChI=1S/C38H44N2O6/c1-24-27-13-15-39(2)31(24)18-26-9-12-34(42-4)38(19-26)46-29-10-7-25(8-11-29)17-32-30-22-37(45-23-33(41)35(20-27)43-5)36(44-6)21-28(30)14-16-40(32)3/h7-12,19-22,31-32,41H,1,13-18,23H2,2-6H3/b27-20-,35-33-/t31-,32-/m0/s1. The topological polar surface area (TPSA) is 72.9 Å². The lowest BCUT2D eigenvalue weighted by Crippen LogP contribution is -2.40. The van der Waals surface area contributed by atoms with E-state index in [1.54, 1.807) is 21.3 Å². The van der Waals surface area contributed by atoms with E-state index < -0.39 is 0 Å². The lowest BCUT2D eigenvalue weighted by atomic mass is 9.87. The summed E-state index contributed by atoms with van der Waals surface area (Å²) in [6, 6.07) is 18.7. The Morgan fingerprint density at radius 1 is 0.783 bits per heavy atom. The lowest BCUT2D eigenvalue weighted by molar-refractivity contribution is 0.214. The summed E-state index contributed by atoms with van der Waals surface area (Å²) in [5, 5.41) is 11.2. The second-order valence-electron chi connectivity index (χ2n) is 12.3. The smallest absolute Gasteiger partial charge is 0.172 e. The van der Waals surface area contributed by atoms with E-state index in [1.807, 2.05) is 24.3 Å². The van der Waals surface area contributed by atoms with E-state index in [0.29, 0.717) is 28.8 Å². The van der Waals surface area contributed by atoms with Crippen LogP contribution in [-0.4, -0.2) is 76.1 Å². The van der Waals surface area contributed by atoms with Gasteiger partial charge in [-0.05, 0) is 116 Å². The third-order valence-corrected chi connectivity index (χ3v) is 9.54. The molecule has 4 heterocycles. The van der Waals surface area contributed by atoms with Crippen molar-refractivity contribution in [2.75, 3.05) is 55.1 Å². The summed E-state index contributed by atoms with van der Waals surface area (Å²) >= 11 is 0. The molecule has 242 valence electrons. The van der Waals surface area contributed by atoms with E-state index in [2.05, 4.69) is 66.9 Å². The summed E-state index contributed by atoms with van der Waals surface area (Å²) in [5.74, 6) is 3.70. The largest absolute Gasteiger partial charge is 0.506 e. The highest BCUT2D eigenvalue weighted by Crippen LogP contribution is 2.40. The molecule has 0 radical (unpaired) electrons. The van der Waals surface area contributed by atoms with Gasteiger partial charge in [-0.1, -0.05) is 24.8 Å². The molecular weight excluding hydrogens is 580 g/mol. The highest BCUT2D eigenvalue weighted by Gasteiger charge is 2.29. The van der Waals surface area contributed by atoms with Gasteiger partial charge >= 0.3 is 0 Å². The Bertz CT molecular complexity index is 1660. The van der Waals surface area contributed by atoms with Gasteiger partial charge in [0.05, 0.1) is 21.3 Å². The molecule has 8 nitrogen and oxygen atoms in total. The number of hydrogen-bond donors (Lipinski definition) is 1. The van der Waals surface area contributed by atoms with Crippen LogP contribution in [0, 0.1) is 0 Å². The highest BCUT2D eigenvalue weighted by atomic mass is 16.5. The van der Waals surface area contributed by atoms with Crippen molar-refractivity contribution in [2.24, 2.45) is 0 Å². The van der Waals surface area contributed by atoms with Gasteiger partial charge in [0.25, 0.3) is 0 Å². The van der Waals surface area contributed by atoms with Crippen LogP contribution in [0.4, 0.5) is 0 Å². The van der Waals surface area contributed by atoms with Gasteiger partial charge in [-0.3, -0.25) is 9.80 Å². The molecule has 0 aliphatic carbocycles. The number of aliphatic hydroxyl groups excluding tert-OH is 1. The maximum atomic E-state index is 11.2. The van der Waals surface area contributed by atoms with Gasteiger partial charge in [0, 0.05) is 25.2 Å². The van der Waals surface area contributed by atoms with E-state index in [0.717, 1.165) is 61.2 Å². The third kappa shape index (κ3) is 6.46. The Morgan fingerprint density at radius 3 is 2.22 bits per heavy atom. The van der Waals surface area contributed by atoms with Crippen molar-refractivity contribution >= 4 is 0 Å². The molecule has 0 unspecified atom stereocenters. The van der Waals surface area contributed by atoms with Crippen LogP contribution in [0.5, 0.6) is 28.7 Å². The summed E-state index contributed by atoms with van der Waals surface area (Å²) in [7, 11) is 9.15. The van der Waals surface area contributed by atoms with Crippen molar-refractivity contribution in [3.8, 4) is 28.7 Å². The molecule has 4 aliphatic rings. The predicted octanol–water partition coefficient (Wildman–Crippen LogP) is 6.81. The number of methoxy groups -OCH3 is 3. The summed E-state index contributed by atoms with van der Waals surface area (Å²) in [6.45, 7) is 6.22. The van der Waals surface area contributed by atoms with Gasteiger partial charge in [0.15, 0.2) is 34.5 Å².